The van der Waals surface area contributed by atoms with Gasteiger partial charge < -0.3 is 19.4 Å². The highest BCUT2D eigenvalue weighted by Gasteiger charge is 2.37. The molecule has 0 aliphatic carbocycles. The van der Waals surface area contributed by atoms with E-state index in [0.717, 1.165) is 6.07 Å². The van der Waals surface area contributed by atoms with Crippen molar-refractivity contribution >= 4 is 17.6 Å². The van der Waals surface area contributed by atoms with E-state index in [-0.39, 0.29) is 39.8 Å². The smallest absolute Gasteiger partial charge is 0.417 e. The first-order chi connectivity index (χ1) is 15.3. The predicted octanol–water partition coefficient (Wildman–Crippen LogP) is 6.29. The summed E-state index contributed by atoms with van der Waals surface area (Å²) in [6.07, 6.45) is -1.44. The summed E-state index contributed by atoms with van der Waals surface area (Å²) in [6, 6.07) is 10.7. The van der Waals surface area contributed by atoms with Gasteiger partial charge in [-0.3, -0.25) is 0 Å². The average molecular weight is 463 g/mol. The monoisotopic (exact) mass is 462 g/mol. The fraction of sp³-hybridized carbons (Fsp3) is 0.0909. The number of ether oxygens (including phenoxy) is 1. The summed E-state index contributed by atoms with van der Waals surface area (Å²) in [5, 5.41) is 12.8. The van der Waals surface area contributed by atoms with Gasteiger partial charge in [-0.05, 0) is 42.5 Å². The summed E-state index contributed by atoms with van der Waals surface area (Å²) < 4.78 is 52.2. The van der Waals surface area contributed by atoms with Crippen molar-refractivity contribution < 1.29 is 32.3 Å². The number of H-pyrrole nitrogens is 1. The van der Waals surface area contributed by atoms with Crippen LogP contribution in [0.15, 0.2) is 65.4 Å². The van der Waals surface area contributed by atoms with Gasteiger partial charge in [-0.25, -0.2) is 4.79 Å². The molecule has 0 unspecified atom stereocenters. The summed E-state index contributed by atoms with van der Waals surface area (Å²) in [7, 11) is 0. The zero-order valence-corrected chi connectivity index (χ0v) is 16.9. The van der Waals surface area contributed by atoms with E-state index >= 15 is 0 Å². The van der Waals surface area contributed by atoms with E-state index in [2.05, 4.69) is 10.1 Å². The molecule has 4 rings (SSSR count). The fourth-order valence-corrected chi connectivity index (χ4v) is 3.45. The number of hydrogen-bond acceptors (Lipinski definition) is 4. The van der Waals surface area contributed by atoms with Crippen molar-refractivity contribution in [2.45, 2.75) is 12.8 Å². The standard InChI is InChI=1S/C22H14ClF3N2O4/c23-17-3-1-2-16(22(24,25)26)18(17)19-15(20(32-28-19)13-8-9-27-10-13)11-31-14-6-4-12(5-7-14)21(29)30/h1-10,27H,11H2,(H,29,30). The van der Waals surface area contributed by atoms with Crippen LogP contribution >= 0.6 is 11.6 Å². The number of nitrogens with zero attached hydrogens (tertiary/aromatic N) is 1. The van der Waals surface area contributed by atoms with Crippen LogP contribution in [0.5, 0.6) is 5.75 Å². The van der Waals surface area contributed by atoms with Gasteiger partial charge in [-0.2, -0.15) is 13.2 Å². The topological polar surface area (TPSA) is 88.3 Å². The molecule has 0 atom stereocenters. The number of aromatic carboxylic acids is 1. The Kier molecular flexibility index (Phi) is 5.67. The lowest BCUT2D eigenvalue weighted by molar-refractivity contribution is -0.137. The quantitative estimate of drug-likeness (QED) is 0.352. The molecule has 0 aliphatic heterocycles. The number of aromatic nitrogens is 2. The number of halogens is 4. The van der Waals surface area contributed by atoms with Crippen LogP contribution in [0.2, 0.25) is 5.02 Å². The van der Waals surface area contributed by atoms with Crippen molar-refractivity contribution in [1.82, 2.24) is 10.1 Å². The third kappa shape index (κ3) is 4.19. The van der Waals surface area contributed by atoms with Crippen molar-refractivity contribution in [3.63, 3.8) is 0 Å². The minimum atomic E-state index is -4.67. The number of alkyl halides is 3. The van der Waals surface area contributed by atoms with E-state index in [4.69, 9.17) is 26.0 Å². The van der Waals surface area contributed by atoms with Crippen LogP contribution in [0.25, 0.3) is 22.6 Å². The first-order valence-corrected chi connectivity index (χ1v) is 9.57. The van der Waals surface area contributed by atoms with Crippen LogP contribution in [0, 0.1) is 0 Å². The second-order valence-corrected chi connectivity index (χ2v) is 7.12. The molecule has 0 bridgehead atoms. The van der Waals surface area contributed by atoms with E-state index in [1.807, 2.05) is 0 Å². The number of hydrogen-bond donors (Lipinski definition) is 2. The highest BCUT2D eigenvalue weighted by Crippen LogP contribution is 2.43. The minimum absolute atomic E-state index is 0.0712. The Morgan fingerprint density at radius 3 is 2.53 bits per heavy atom. The lowest BCUT2D eigenvalue weighted by atomic mass is 9.99. The number of benzene rings is 2. The summed E-state index contributed by atoms with van der Waals surface area (Å²) >= 11 is 6.16. The molecule has 0 amide bonds. The Morgan fingerprint density at radius 1 is 1.16 bits per heavy atom. The van der Waals surface area contributed by atoms with E-state index in [0.29, 0.717) is 11.3 Å². The largest absolute Gasteiger partial charge is 0.489 e. The van der Waals surface area contributed by atoms with Gasteiger partial charge in [-0.15, -0.1) is 0 Å². The minimum Gasteiger partial charge on any atom is -0.489 e. The molecule has 0 fully saturated rings. The summed E-state index contributed by atoms with van der Waals surface area (Å²) in [6.45, 7) is -0.200. The number of aromatic amines is 1. The predicted molar refractivity (Wildman–Crippen MR) is 109 cm³/mol. The summed E-state index contributed by atoms with van der Waals surface area (Å²) in [5.74, 6) is -0.556. The molecule has 2 N–H and O–H groups in total. The molecule has 0 spiro atoms. The highest BCUT2D eigenvalue weighted by atomic mass is 35.5. The van der Waals surface area contributed by atoms with Crippen molar-refractivity contribution in [3.05, 3.63) is 82.6 Å². The number of carbonyl (C=O) groups is 1. The molecular weight excluding hydrogens is 449 g/mol. The van der Waals surface area contributed by atoms with Crippen molar-refractivity contribution in [2.24, 2.45) is 0 Å². The molecule has 32 heavy (non-hydrogen) atoms. The van der Waals surface area contributed by atoms with Gasteiger partial charge in [0.2, 0.25) is 0 Å². The van der Waals surface area contributed by atoms with Gasteiger partial charge >= 0.3 is 12.1 Å². The van der Waals surface area contributed by atoms with Crippen molar-refractivity contribution in [3.8, 4) is 28.3 Å². The molecule has 0 saturated carbocycles. The van der Waals surface area contributed by atoms with E-state index < -0.39 is 17.7 Å². The van der Waals surface area contributed by atoms with Crippen LogP contribution in [-0.2, 0) is 12.8 Å². The molecular formula is C22H14ClF3N2O4. The van der Waals surface area contributed by atoms with Crippen LogP contribution in [0.1, 0.15) is 21.5 Å². The van der Waals surface area contributed by atoms with Gasteiger partial charge in [0.25, 0.3) is 0 Å². The van der Waals surface area contributed by atoms with E-state index in [1.165, 1.54) is 36.4 Å². The second kappa shape index (κ2) is 8.43. The number of carboxylic acid groups (broad SMARTS) is 1. The molecule has 10 heteroatoms. The first-order valence-electron chi connectivity index (χ1n) is 9.19. The normalized spacial score (nSPS) is 11.5. The molecule has 0 radical (unpaired) electrons. The maximum atomic E-state index is 13.7. The SMILES string of the molecule is O=C(O)c1ccc(OCc2c(-c3c(Cl)cccc3C(F)(F)F)noc2-c2cc[nH]c2)cc1. The van der Waals surface area contributed by atoms with Gasteiger partial charge in [0, 0.05) is 23.5 Å². The van der Waals surface area contributed by atoms with Gasteiger partial charge in [0.1, 0.15) is 18.1 Å². The van der Waals surface area contributed by atoms with Crippen LogP contribution in [-0.4, -0.2) is 21.2 Å². The first kappa shape index (κ1) is 21.5. The van der Waals surface area contributed by atoms with Crippen molar-refractivity contribution in [1.29, 1.82) is 0 Å². The summed E-state index contributed by atoms with van der Waals surface area (Å²) in [5.41, 5.74) is -0.476. The van der Waals surface area contributed by atoms with Crippen LogP contribution in [0.4, 0.5) is 13.2 Å². The molecule has 2 heterocycles. The molecule has 164 valence electrons. The lowest BCUT2D eigenvalue weighted by Gasteiger charge is -2.14. The van der Waals surface area contributed by atoms with Crippen LogP contribution in [0.3, 0.4) is 0 Å². The molecule has 0 saturated heterocycles. The van der Waals surface area contributed by atoms with Crippen molar-refractivity contribution in [2.75, 3.05) is 0 Å². The molecule has 6 nitrogen and oxygen atoms in total. The summed E-state index contributed by atoms with van der Waals surface area (Å²) in [4.78, 5) is 13.9. The zero-order chi connectivity index (χ0) is 22.9. The van der Waals surface area contributed by atoms with E-state index in [1.54, 1.807) is 18.5 Å². The Hall–Kier alpha value is -3.72. The highest BCUT2D eigenvalue weighted by molar-refractivity contribution is 6.33. The van der Waals surface area contributed by atoms with Gasteiger partial charge in [0.05, 0.1) is 21.7 Å². The number of carboxylic acids is 1. The Morgan fingerprint density at radius 2 is 1.91 bits per heavy atom. The molecule has 2 aromatic heterocycles. The maximum absolute atomic E-state index is 13.7. The molecule has 0 aliphatic rings. The van der Waals surface area contributed by atoms with Gasteiger partial charge in [-0.1, -0.05) is 22.8 Å². The third-order valence-corrected chi connectivity index (χ3v) is 5.00. The number of rotatable bonds is 6. The fourth-order valence-electron chi connectivity index (χ4n) is 3.18. The second-order valence-electron chi connectivity index (χ2n) is 6.72. The van der Waals surface area contributed by atoms with E-state index in [9.17, 15) is 18.0 Å². The Labute approximate surface area is 184 Å². The van der Waals surface area contributed by atoms with Gasteiger partial charge in [0.15, 0.2) is 5.76 Å². The molecule has 4 aromatic rings. The maximum Gasteiger partial charge on any atom is 0.417 e. The molecule has 2 aromatic carbocycles. The van der Waals surface area contributed by atoms with Crippen LogP contribution < -0.4 is 4.74 Å². The zero-order valence-electron chi connectivity index (χ0n) is 16.1. The number of nitrogens with one attached hydrogen (secondary N) is 1. The average Bonchev–Trinajstić information content (AvgIpc) is 3.41. The Balaban J connectivity index is 1.78. The lowest BCUT2D eigenvalue weighted by Crippen LogP contribution is -2.08. The Bertz CT molecular complexity index is 1250. The third-order valence-electron chi connectivity index (χ3n) is 4.69.